The molecule has 0 unspecified atom stereocenters. The third-order valence-corrected chi connectivity index (χ3v) is 4.32. The standard InChI is InChI=1S/C20H17ClFN3O3/c1-12-17(18(21)25(24-12)16-10-8-14(22)9-11-16)20(27)28-13(2)19(26)23-15-6-4-3-5-7-15/h3-11,13H,1-2H3,(H,23,26)/t13-/m1/s1. The van der Waals surface area contributed by atoms with Crippen LogP contribution in [0.2, 0.25) is 5.15 Å². The Hall–Kier alpha value is -3.19. The Balaban J connectivity index is 1.75. The number of amides is 1. The van der Waals surface area contributed by atoms with Crippen LogP contribution >= 0.6 is 11.6 Å². The summed E-state index contributed by atoms with van der Waals surface area (Å²) in [4.78, 5) is 24.8. The summed E-state index contributed by atoms with van der Waals surface area (Å²) < 4.78 is 19.7. The first-order valence-electron chi connectivity index (χ1n) is 8.44. The number of carbonyl (C=O) groups excluding carboxylic acids is 2. The molecule has 0 aliphatic carbocycles. The molecule has 1 aromatic heterocycles. The molecule has 0 aliphatic rings. The Morgan fingerprint density at radius 3 is 2.43 bits per heavy atom. The molecule has 2 aromatic carbocycles. The van der Waals surface area contributed by atoms with Crippen LogP contribution in [-0.2, 0) is 9.53 Å². The van der Waals surface area contributed by atoms with E-state index in [1.165, 1.54) is 35.9 Å². The largest absolute Gasteiger partial charge is 0.449 e. The number of benzene rings is 2. The second-order valence-corrected chi connectivity index (χ2v) is 6.40. The maximum atomic E-state index is 13.1. The predicted octanol–water partition coefficient (Wildman–Crippen LogP) is 4.16. The molecule has 1 atom stereocenters. The van der Waals surface area contributed by atoms with Crippen molar-refractivity contribution in [3.05, 3.63) is 76.8 Å². The van der Waals surface area contributed by atoms with Crippen LogP contribution in [0, 0.1) is 12.7 Å². The number of halogens is 2. The number of anilines is 1. The van der Waals surface area contributed by atoms with E-state index in [1.54, 1.807) is 31.2 Å². The highest BCUT2D eigenvalue weighted by atomic mass is 35.5. The van der Waals surface area contributed by atoms with Crippen LogP contribution in [0.5, 0.6) is 0 Å². The fourth-order valence-corrected chi connectivity index (χ4v) is 2.87. The van der Waals surface area contributed by atoms with Crippen LogP contribution in [0.25, 0.3) is 5.69 Å². The molecule has 0 radical (unpaired) electrons. The van der Waals surface area contributed by atoms with Gasteiger partial charge < -0.3 is 10.1 Å². The molecule has 0 fully saturated rings. The molecular formula is C20H17ClFN3O3. The highest BCUT2D eigenvalue weighted by Crippen LogP contribution is 2.25. The number of aryl methyl sites for hydroxylation is 1. The average molecular weight is 402 g/mol. The summed E-state index contributed by atoms with van der Waals surface area (Å²) in [6.45, 7) is 3.06. The van der Waals surface area contributed by atoms with Crippen LogP contribution in [0.4, 0.5) is 10.1 Å². The van der Waals surface area contributed by atoms with Gasteiger partial charge in [0.2, 0.25) is 0 Å². The molecule has 0 saturated heterocycles. The zero-order valence-corrected chi connectivity index (χ0v) is 15.9. The summed E-state index contributed by atoms with van der Waals surface area (Å²) in [5, 5.41) is 6.89. The van der Waals surface area contributed by atoms with E-state index in [2.05, 4.69) is 10.4 Å². The van der Waals surface area contributed by atoms with Gasteiger partial charge in [0.25, 0.3) is 5.91 Å². The second-order valence-electron chi connectivity index (χ2n) is 6.04. The number of esters is 1. The van der Waals surface area contributed by atoms with E-state index in [0.29, 0.717) is 17.1 Å². The Kier molecular flexibility index (Phi) is 5.75. The van der Waals surface area contributed by atoms with Crippen LogP contribution < -0.4 is 5.32 Å². The lowest BCUT2D eigenvalue weighted by molar-refractivity contribution is -0.123. The normalized spacial score (nSPS) is 11.7. The Bertz CT molecular complexity index is 1000. The molecule has 1 amide bonds. The van der Waals surface area contributed by atoms with E-state index in [9.17, 15) is 14.0 Å². The summed E-state index contributed by atoms with van der Waals surface area (Å²) in [6, 6.07) is 14.3. The van der Waals surface area contributed by atoms with Crippen molar-refractivity contribution in [3.8, 4) is 5.69 Å². The molecule has 3 rings (SSSR count). The van der Waals surface area contributed by atoms with E-state index in [4.69, 9.17) is 16.3 Å². The van der Waals surface area contributed by atoms with Gasteiger partial charge in [-0.3, -0.25) is 4.79 Å². The van der Waals surface area contributed by atoms with E-state index in [-0.39, 0.29) is 10.7 Å². The third-order valence-electron chi connectivity index (χ3n) is 3.97. The van der Waals surface area contributed by atoms with E-state index in [0.717, 1.165) is 0 Å². The summed E-state index contributed by atoms with van der Waals surface area (Å²) >= 11 is 6.30. The molecule has 1 heterocycles. The van der Waals surface area contributed by atoms with Gasteiger partial charge in [-0.2, -0.15) is 5.10 Å². The fourth-order valence-electron chi connectivity index (χ4n) is 2.52. The van der Waals surface area contributed by atoms with Crippen molar-refractivity contribution in [1.29, 1.82) is 0 Å². The van der Waals surface area contributed by atoms with Crippen molar-refractivity contribution < 1.29 is 18.7 Å². The van der Waals surface area contributed by atoms with Gasteiger partial charge in [0.15, 0.2) is 6.10 Å². The van der Waals surface area contributed by atoms with Crippen LogP contribution in [0.3, 0.4) is 0 Å². The molecular weight excluding hydrogens is 385 g/mol. The minimum Gasteiger partial charge on any atom is -0.449 e. The van der Waals surface area contributed by atoms with Gasteiger partial charge in [0, 0.05) is 5.69 Å². The SMILES string of the molecule is Cc1nn(-c2ccc(F)cc2)c(Cl)c1C(=O)O[C@H](C)C(=O)Nc1ccccc1. The number of nitrogens with one attached hydrogen (secondary N) is 1. The lowest BCUT2D eigenvalue weighted by Gasteiger charge is -2.13. The van der Waals surface area contributed by atoms with Crippen LogP contribution in [0.1, 0.15) is 23.0 Å². The highest BCUT2D eigenvalue weighted by molar-refractivity contribution is 6.33. The zero-order valence-electron chi connectivity index (χ0n) is 15.1. The molecule has 0 bridgehead atoms. The van der Waals surface area contributed by atoms with Gasteiger partial charge in [-0.05, 0) is 50.2 Å². The van der Waals surface area contributed by atoms with Crippen molar-refractivity contribution in [3.63, 3.8) is 0 Å². The number of hydrogen-bond acceptors (Lipinski definition) is 4. The Morgan fingerprint density at radius 1 is 1.14 bits per heavy atom. The van der Waals surface area contributed by atoms with Gasteiger partial charge in [0.1, 0.15) is 16.5 Å². The van der Waals surface area contributed by atoms with Gasteiger partial charge >= 0.3 is 5.97 Å². The average Bonchev–Trinajstić information content (AvgIpc) is 2.97. The van der Waals surface area contributed by atoms with Gasteiger partial charge in [0.05, 0.1) is 11.4 Å². The molecule has 0 spiro atoms. The summed E-state index contributed by atoms with van der Waals surface area (Å²) in [5.74, 6) is -1.65. The minimum atomic E-state index is -1.04. The second kappa shape index (κ2) is 8.22. The lowest BCUT2D eigenvalue weighted by Crippen LogP contribution is -2.30. The number of hydrogen-bond donors (Lipinski definition) is 1. The van der Waals surface area contributed by atoms with E-state index in [1.807, 2.05) is 6.07 Å². The topological polar surface area (TPSA) is 73.2 Å². The molecule has 8 heteroatoms. The first kappa shape index (κ1) is 19.6. The highest BCUT2D eigenvalue weighted by Gasteiger charge is 2.26. The quantitative estimate of drug-likeness (QED) is 0.651. The van der Waals surface area contributed by atoms with Crippen molar-refractivity contribution in [2.24, 2.45) is 0 Å². The third kappa shape index (κ3) is 4.20. The maximum Gasteiger partial charge on any atom is 0.344 e. The van der Waals surface area contributed by atoms with E-state index >= 15 is 0 Å². The smallest absolute Gasteiger partial charge is 0.344 e. The minimum absolute atomic E-state index is 0.0183. The predicted molar refractivity (Wildman–Crippen MR) is 103 cm³/mol. The molecule has 0 aliphatic heterocycles. The summed E-state index contributed by atoms with van der Waals surface area (Å²) in [7, 11) is 0. The molecule has 144 valence electrons. The summed E-state index contributed by atoms with van der Waals surface area (Å²) in [6.07, 6.45) is -1.04. The van der Waals surface area contributed by atoms with Crippen LogP contribution in [0.15, 0.2) is 54.6 Å². The van der Waals surface area contributed by atoms with Crippen molar-refractivity contribution >= 4 is 29.2 Å². The molecule has 0 saturated carbocycles. The number of rotatable bonds is 5. The van der Waals surface area contributed by atoms with Gasteiger partial charge in [-0.15, -0.1) is 0 Å². The molecule has 3 aromatic rings. The molecule has 28 heavy (non-hydrogen) atoms. The number of nitrogens with zero attached hydrogens (tertiary/aromatic N) is 2. The van der Waals surface area contributed by atoms with Crippen molar-refractivity contribution in [1.82, 2.24) is 9.78 Å². The maximum absolute atomic E-state index is 13.1. The Morgan fingerprint density at radius 2 is 1.79 bits per heavy atom. The molecule has 6 nitrogen and oxygen atoms in total. The zero-order chi connectivity index (χ0) is 20.3. The first-order valence-corrected chi connectivity index (χ1v) is 8.82. The number of ether oxygens (including phenoxy) is 1. The van der Waals surface area contributed by atoms with Crippen LogP contribution in [-0.4, -0.2) is 27.8 Å². The van der Waals surface area contributed by atoms with Gasteiger partial charge in [-0.1, -0.05) is 29.8 Å². The number of carbonyl (C=O) groups is 2. The number of aromatic nitrogens is 2. The first-order chi connectivity index (χ1) is 13.4. The van der Waals surface area contributed by atoms with E-state index < -0.39 is 23.8 Å². The van der Waals surface area contributed by atoms with Crippen molar-refractivity contribution in [2.75, 3.05) is 5.32 Å². The van der Waals surface area contributed by atoms with Gasteiger partial charge in [-0.25, -0.2) is 13.9 Å². The number of para-hydroxylation sites is 1. The fraction of sp³-hybridized carbons (Fsp3) is 0.150. The Labute approximate surface area is 165 Å². The summed E-state index contributed by atoms with van der Waals surface area (Å²) in [5.41, 5.74) is 1.46. The lowest BCUT2D eigenvalue weighted by atomic mass is 10.2. The molecule has 1 N–H and O–H groups in total. The van der Waals surface area contributed by atoms with Crippen molar-refractivity contribution in [2.45, 2.75) is 20.0 Å². The monoisotopic (exact) mass is 401 g/mol.